The number of fused-ring (bicyclic) bond motifs is 1. The van der Waals surface area contributed by atoms with E-state index in [1.807, 2.05) is 37.2 Å². The SMILES string of the molecule is CN(C)CC(=O)Nc1cccc2c1CCN2. The molecule has 1 aromatic carbocycles. The van der Waals surface area contributed by atoms with Crippen molar-refractivity contribution in [3.8, 4) is 0 Å². The largest absolute Gasteiger partial charge is 0.384 e. The Bertz CT molecular complexity index is 401. The van der Waals surface area contributed by atoms with E-state index in [4.69, 9.17) is 0 Å². The van der Waals surface area contributed by atoms with Gasteiger partial charge in [0.25, 0.3) is 0 Å². The van der Waals surface area contributed by atoms with Gasteiger partial charge < -0.3 is 15.5 Å². The predicted octanol–water partition coefficient (Wildman–Crippen LogP) is 1.15. The minimum absolute atomic E-state index is 0.0327. The van der Waals surface area contributed by atoms with E-state index in [0.717, 1.165) is 24.3 Å². The molecule has 2 N–H and O–H groups in total. The van der Waals surface area contributed by atoms with E-state index in [1.54, 1.807) is 0 Å². The number of amides is 1. The van der Waals surface area contributed by atoms with Gasteiger partial charge in [0.05, 0.1) is 6.54 Å². The lowest BCUT2D eigenvalue weighted by Gasteiger charge is -2.12. The molecule has 0 aliphatic carbocycles. The number of hydrogen-bond donors (Lipinski definition) is 2. The molecule has 1 aliphatic rings. The summed E-state index contributed by atoms with van der Waals surface area (Å²) in [5.74, 6) is 0.0327. The first-order valence-electron chi connectivity index (χ1n) is 5.47. The van der Waals surface area contributed by atoms with Gasteiger partial charge in [0.1, 0.15) is 0 Å². The molecule has 0 saturated carbocycles. The number of carbonyl (C=O) groups is 1. The van der Waals surface area contributed by atoms with Crippen molar-refractivity contribution >= 4 is 17.3 Å². The van der Waals surface area contributed by atoms with Crippen molar-refractivity contribution in [1.82, 2.24) is 4.90 Å². The van der Waals surface area contributed by atoms with Crippen molar-refractivity contribution < 1.29 is 4.79 Å². The first-order valence-corrected chi connectivity index (χ1v) is 5.47. The lowest BCUT2D eigenvalue weighted by atomic mass is 10.1. The molecule has 16 heavy (non-hydrogen) atoms. The number of anilines is 2. The Morgan fingerprint density at radius 1 is 1.50 bits per heavy atom. The summed E-state index contributed by atoms with van der Waals surface area (Å²) in [6.45, 7) is 1.37. The fourth-order valence-electron chi connectivity index (χ4n) is 1.94. The first kappa shape index (κ1) is 11.0. The molecule has 0 spiro atoms. The molecule has 4 nitrogen and oxygen atoms in total. The Morgan fingerprint density at radius 3 is 3.06 bits per heavy atom. The summed E-state index contributed by atoms with van der Waals surface area (Å²) in [7, 11) is 3.77. The fraction of sp³-hybridized carbons (Fsp3) is 0.417. The van der Waals surface area contributed by atoms with E-state index in [9.17, 15) is 4.79 Å². The number of nitrogens with one attached hydrogen (secondary N) is 2. The van der Waals surface area contributed by atoms with Gasteiger partial charge in [-0.3, -0.25) is 4.79 Å². The molecule has 1 amide bonds. The molecule has 86 valence electrons. The van der Waals surface area contributed by atoms with Crippen LogP contribution in [0.5, 0.6) is 0 Å². The van der Waals surface area contributed by atoms with Crippen LogP contribution in [-0.2, 0) is 11.2 Å². The molecule has 2 rings (SSSR count). The Morgan fingerprint density at radius 2 is 2.31 bits per heavy atom. The second-order valence-corrected chi connectivity index (χ2v) is 4.29. The average Bonchev–Trinajstić information content (AvgIpc) is 2.65. The topological polar surface area (TPSA) is 44.4 Å². The average molecular weight is 219 g/mol. The van der Waals surface area contributed by atoms with Crippen LogP contribution in [0.2, 0.25) is 0 Å². The van der Waals surface area contributed by atoms with Gasteiger partial charge in [-0.15, -0.1) is 0 Å². The summed E-state index contributed by atoms with van der Waals surface area (Å²) >= 11 is 0. The van der Waals surface area contributed by atoms with Crippen molar-refractivity contribution in [2.75, 3.05) is 37.8 Å². The van der Waals surface area contributed by atoms with Crippen molar-refractivity contribution in [2.24, 2.45) is 0 Å². The standard InChI is InChI=1S/C12H17N3O/c1-15(2)8-12(16)14-11-5-3-4-10-9(11)6-7-13-10/h3-5,13H,6-8H2,1-2H3,(H,14,16). The smallest absolute Gasteiger partial charge is 0.238 e. The van der Waals surface area contributed by atoms with Crippen LogP contribution in [0.3, 0.4) is 0 Å². The van der Waals surface area contributed by atoms with Crippen LogP contribution in [0.25, 0.3) is 0 Å². The third-order valence-corrected chi connectivity index (χ3v) is 2.60. The predicted molar refractivity (Wildman–Crippen MR) is 65.8 cm³/mol. The minimum Gasteiger partial charge on any atom is -0.384 e. The Balaban J connectivity index is 2.10. The van der Waals surface area contributed by atoms with E-state index in [-0.39, 0.29) is 5.91 Å². The highest BCUT2D eigenvalue weighted by molar-refractivity contribution is 5.94. The van der Waals surface area contributed by atoms with Gasteiger partial charge in [0.15, 0.2) is 0 Å². The Labute approximate surface area is 95.6 Å². The van der Waals surface area contributed by atoms with Crippen molar-refractivity contribution in [1.29, 1.82) is 0 Å². The zero-order chi connectivity index (χ0) is 11.5. The van der Waals surface area contributed by atoms with Crippen LogP contribution in [0.4, 0.5) is 11.4 Å². The second-order valence-electron chi connectivity index (χ2n) is 4.29. The number of benzene rings is 1. The maximum absolute atomic E-state index is 11.6. The number of nitrogens with zero attached hydrogens (tertiary/aromatic N) is 1. The van der Waals surface area contributed by atoms with Gasteiger partial charge in [0.2, 0.25) is 5.91 Å². The minimum atomic E-state index is 0.0327. The molecule has 0 radical (unpaired) electrons. The van der Waals surface area contributed by atoms with Gasteiger partial charge in [-0.1, -0.05) is 6.07 Å². The number of carbonyl (C=O) groups excluding carboxylic acids is 1. The van der Waals surface area contributed by atoms with Gasteiger partial charge in [-0.25, -0.2) is 0 Å². The van der Waals surface area contributed by atoms with Crippen LogP contribution < -0.4 is 10.6 Å². The molecule has 0 saturated heterocycles. The lowest BCUT2D eigenvalue weighted by Crippen LogP contribution is -2.27. The van der Waals surface area contributed by atoms with Crippen LogP contribution in [-0.4, -0.2) is 38.0 Å². The molecular formula is C12H17N3O. The number of hydrogen-bond acceptors (Lipinski definition) is 3. The summed E-state index contributed by atoms with van der Waals surface area (Å²) in [4.78, 5) is 13.5. The van der Waals surface area contributed by atoms with E-state index < -0.39 is 0 Å². The van der Waals surface area contributed by atoms with E-state index in [2.05, 4.69) is 10.6 Å². The summed E-state index contributed by atoms with van der Waals surface area (Å²) in [5.41, 5.74) is 3.30. The molecule has 4 heteroatoms. The van der Waals surface area contributed by atoms with Crippen molar-refractivity contribution in [3.05, 3.63) is 23.8 Å². The van der Waals surface area contributed by atoms with Gasteiger partial charge in [0, 0.05) is 23.5 Å². The highest BCUT2D eigenvalue weighted by atomic mass is 16.2. The van der Waals surface area contributed by atoms with Gasteiger partial charge in [-0.05, 0) is 32.6 Å². The summed E-state index contributed by atoms with van der Waals surface area (Å²) < 4.78 is 0. The third kappa shape index (κ3) is 2.33. The summed E-state index contributed by atoms with van der Waals surface area (Å²) in [5, 5.41) is 6.25. The molecule has 0 unspecified atom stereocenters. The van der Waals surface area contributed by atoms with Crippen LogP contribution >= 0.6 is 0 Å². The maximum Gasteiger partial charge on any atom is 0.238 e. The number of rotatable bonds is 3. The van der Waals surface area contributed by atoms with Crippen molar-refractivity contribution in [3.63, 3.8) is 0 Å². The molecular weight excluding hydrogens is 202 g/mol. The zero-order valence-corrected chi connectivity index (χ0v) is 9.71. The highest BCUT2D eigenvalue weighted by Crippen LogP contribution is 2.28. The van der Waals surface area contributed by atoms with Crippen LogP contribution in [0, 0.1) is 0 Å². The normalized spacial score (nSPS) is 13.4. The Hall–Kier alpha value is -1.55. The quantitative estimate of drug-likeness (QED) is 0.801. The van der Waals surface area contributed by atoms with Gasteiger partial charge in [-0.2, -0.15) is 0 Å². The molecule has 0 aromatic heterocycles. The summed E-state index contributed by atoms with van der Waals surface area (Å²) in [6, 6.07) is 5.96. The number of likely N-dealkylation sites (N-methyl/N-ethyl adjacent to an activating group) is 1. The Kier molecular flexibility index (Phi) is 3.10. The monoisotopic (exact) mass is 219 g/mol. The molecule has 0 atom stereocenters. The maximum atomic E-state index is 11.6. The zero-order valence-electron chi connectivity index (χ0n) is 9.71. The van der Waals surface area contributed by atoms with Crippen molar-refractivity contribution in [2.45, 2.75) is 6.42 Å². The van der Waals surface area contributed by atoms with E-state index in [0.29, 0.717) is 6.54 Å². The van der Waals surface area contributed by atoms with E-state index >= 15 is 0 Å². The molecule has 1 heterocycles. The van der Waals surface area contributed by atoms with Gasteiger partial charge >= 0.3 is 0 Å². The molecule has 0 fully saturated rings. The summed E-state index contributed by atoms with van der Waals surface area (Å²) in [6.07, 6.45) is 0.980. The fourth-order valence-corrected chi connectivity index (χ4v) is 1.94. The molecule has 1 aromatic rings. The van der Waals surface area contributed by atoms with Crippen LogP contribution in [0.1, 0.15) is 5.56 Å². The third-order valence-electron chi connectivity index (χ3n) is 2.60. The van der Waals surface area contributed by atoms with Crippen LogP contribution in [0.15, 0.2) is 18.2 Å². The second kappa shape index (κ2) is 4.53. The molecule has 1 aliphatic heterocycles. The molecule has 0 bridgehead atoms. The first-order chi connectivity index (χ1) is 7.66. The highest BCUT2D eigenvalue weighted by Gasteiger charge is 2.15. The lowest BCUT2D eigenvalue weighted by molar-refractivity contribution is -0.116. The van der Waals surface area contributed by atoms with E-state index in [1.165, 1.54) is 5.56 Å².